The van der Waals surface area contributed by atoms with Crippen LogP contribution in [0.5, 0.6) is 0 Å². The van der Waals surface area contributed by atoms with Gasteiger partial charge in [-0.3, -0.25) is 0 Å². The maximum absolute atomic E-state index is 8.95. The maximum Gasteiger partial charge on any atom is 0.0736 e. The highest BCUT2D eigenvalue weighted by atomic mass is 35.5. The molecule has 2 heteroatoms. The fraction of sp³-hybridized carbons (Fsp3) is 0.364. The first kappa shape index (κ1) is 10.1. The summed E-state index contributed by atoms with van der Waals surface area (Å²) in [6, 6.07) is 9.79. The van der Waals surface area contributed by atoms with Gasteiger partial charge >= 0.3 is 0 Å². The van der Waals surface area contributed by atoms with Crippen LogP contribution in [0.25, 0.3) is 0 Å². The van der Waals surface area contributed by atoms with E-state index in [4.69, 9.17) is 16.9 Å². The quantitative estimate of drug-likeness (QED) is 0.704. The predicted octanol–water partition coefficient (Wildman–Crippen LogP) is 3.60. The Labute approximate surface area is 84.0 Å². The molecule has 13 heavy (non-hydrogen) atoms. The molecule has 0 heterocycles. The molecule has 1 aromatic carbocycles. The highest BCUT2D eigenvalue weighted by molar-refractivity contribution is 6.30. The highest BCUT2D eigenvalue weighted by Gasteiger charge is 2.14. The predicted molar refractivity (Wildman–Crippen MR) is 54.6 cm³/mol. The van der Waals surface area contributed by atoms with Crippen LogP contribution in [0.3, 0.4) is 0 Å². The van der Waals surface area contributed by atoms with E-state index in [2.05, 4.69) is 6.07 Å². The van der Waals surface area contributed by atoms with E-state index in [1.165, 1.54) is 0 Å². The van der Waals surface area contributed by atoms with E-state index < -0.39 is 0 Å². The Morgan fingerprint density at radius 1 is 1.38 bits per heavy atom. The molecule has 1 rings (SSSR count). The SMILES string of the molecule is CC(C)C(C#N)c1cccc(Cl)c1. The van der Waals surface area contributed by atoms with Crippen LogP contribution < -0.4 is 0 Å². The van der Waals surface area contributed by atoms with Crippen molar-refractivity contribution in [2.75, 3.05) is 0 Å². The van der Waals surface area contributed by atoms with Crippen LogP contribution in [0.1, 0.15) is 25.3 Å². The third-order valence-corrected chi connectivity index (χ3v) is 2.25. The fourth-order valence-electron chi connectivity index (χ4n) is 1.31. The standard InChI is InChI=1S/C11H12ClN/c1-8(2)11(7-13)9-4-3-5-10(12)6-9/h3-6,8,11H,1-2H3. The largest absolute Gasteiger partial charge is 0.198 e. The Morgan fingerprint density at radius 3 is 2.54 bits per heavy atom. The molecule has 0 bridgehead atoms. The lowest BCUT2D eigenvalue weighted by molar-refractivity contribution is 0.587. The van der Waals surface area contributed by atoms with E-state index in [0.717, 1.165) is 5.56 Å². The minimum absolute atomic E-state index is 0.0568. The number of benzene rings is 1. The van der Waals surface area contributed by atoms with Gasteiger partial charge in [-0.25, -0.2) is 0 Å². The van der Waals surface area contributed by atoms with Gasteiger partial charge in [0.05, 0.1) is 12.0 Å². The topological polar surface area (TPSA) is 23.8 Å². The lowest BCUT2D eigenvalue weighted by atomic mass is 9.90. The van der Waals surface area contributed by atoms with Crippen molar-refractivity contribution in [1.82, 2.24) is 0 Å². The van der Waals surface area contributed by atoms with E-state index in [0.29, 0.717) is 10.9 Å². The van der Waals surface area contributed by atoms with Gasteiger partial charge in [0.25, 0.3) is 0 Å². The van der Waals surface area contributed by atoms with Crippen LogP contribution in [0.2, 0.25) is 5.02 Å². The second kappa shape index (κ2) is 4.30. The zero-order valence-corrected chi connectivity index (χ0v) is 8.55. The first-order valence-electron chi connectivity index (χ1n) is 4.30. The summed E-state index contributed by atoms with van der Waals surface area (Å²) in [5.41, 5.74) is 1.00. The van der Waals surface area contributed by atoms with E-state index in [9.17, 15) is 0 Å². The Hall–Kier alpha value is -1.00. The molecule has 0 fully saturated rings. The first-order valence-corrected chi connectivity index (χ1v) is 4.68. The van der Waals surface area contributed by atoms with Crippen molar-refractivity contribution in [3.8, 4) is 6.07 Å². The number of hydrogen-bond donors (Lipinski definition) is 0. The molecule has 0 saturated carbocycles. The van der Waals surface area contributed by atoms with Crippen LogP contribution in [-0.2, 0) is 0 Å². The van der Waals surface area contributed by atoms with E-state index in [1.54, 1.807) is 0 Å². The molecule has 0 aromatic heterocycles. The number of nitriles is 1. The van der Waals surface area contributed by atoms with E-state index in [1.807, 2.05) is 38.1 Å². The van der Waals surface area contributed by atoms with Gasteiger partial charge < -0.3 is 0 Å². The second-order valence-electron chi connectivity index (χ2n) is 3.41. The normalized spacial score (nSPS) is 12.5. The zero-order chi connectivity index (χ0) is 9.84. The Kier molecular flexibility index (Phi) is 3.33. The molecule has 0 amide bonds. The molecule has 1 unspecified atom stereocenters. The van der Waals surface area contributed by atoms with Crippen LogP contribution in [0.4, 0.5) is 0 Å². The fourth-order valence-corrected chi connectivity index (χ4v) is 1.51. The highest BCUT2D eigenvalue weighted by Crippen LogP contribution is 2.25. The minimum Gasteiger partial charge on any atom is -0.198 e. The maximum atomic E-state index is 8.95. The number of hydrogen-bond acceptors (Lipinski definition) is 1. The molecule has 1 atom stereocenters. The molecule has 0 spiro atoms. The molecule has 0 radical (unpaired) electrons. The van der Waals surface area contributed by atoms with Crippen LogP contribution in [-0.4, -0.2) is 0 Å². The molecule has 0 N–H and O–H groups in total. The van der Waals surface area contributed by atoms with Gasteiger partial charge in [-0.1, -0.05) is 37.6 Å². The van der Waals surface area contributed by atoms with Gasteiger partial charge in [-0.15, -0.1) is 0 Å². The molecule has 0 saturated heterocycles. The van der Waals surface area contributed by atoms with E-state index in [-0.39, 0.29) is 5.92 Å². The first-order chi connectivity index (χ1) is 6.15. The lowest BCUT2D eigenvalue weighted by Gasteiger charge is -2.12. The van der Waals surface area contributed by atoms with Gasteiger partial charge in [0.2, 0.25) is 0 Å². The van der Waals surface area contributed by atoms with E-state index >= 15 is 0 Å². The van der Waals surface area contributed by atoms with Gasteiger partial charge in [0, 0.05) is 5.02 Å². The molecular weight excluding hydrogens is 182 g/mol. The van der Waals surface area contributed by atoms with Gasteiger partial charge in [-0.05, 0) is 23.6 Å². The summed E-state index contributed by atoms with van der Waals surface area (Å²) in [5, 5.41) is 9.64. The van der Waals surface area contributed by atoms with Crippen molar-refractivity contribution in [3.63, 3.8) is 0 Å². The van der Waals surface area contributed by atoms with Crippen LogP contribution >= 0.6 is 11.6 Å². The van der Waals surface area contributed by atoms with Gasteiger partial charge in [-0.2, -0.15) is 5.26 Å². The summed E-state index contributed by atoms with van der Waals surface area (Å²) >= 11 is 5.84. The Bertz CT molecular complexity index is 325. The van der Waals surface area contributed by atoms with Crippen molar-refractivity contribution in [1.29, 1.82) is 5.26 Å². The second-order valence-corrected chi connectivity index (χ2v) is 3.84. The molecule has 1 aromatic rings. The smallest absolute Gasteiger partial charge is 0.0736 e. The van der Waals surface area contributed by atoms with Crippen LogP contribution in [0, 0.1) is 17.2 Å². The number of nitrogens with zero attached hydrogens (tertiary/aromatic N) is 1. The third kappa shape index (κ3) is 2.47. The summed E-state index contributed by atoms with van der Waals surface area (Å²) in [4.78, 5) is 0. The Balaban J connectivity index is 3.00. The average molecular weight is 194 g/mol. The number of rotatable bonds is 2. The summed E-state index contributed by atoms with van der Waals surface area (Å²) in [6.45, 7) is 4.07. The summed E-state index contributed by atoms with van der Waals surface area (Å²) in [6.07, 6.45) is 0. The zero-order valence-electron chi connectivity index (χ0n) is 7.79. The Morgan fingerprint density at radius 2 is 2.08 bits per heavy atom. The molecule has 68 valence electrons. The van der Waals surface area contributed by atoms with Crippen molar-refractivity contribution in [2.24, 2.45) is 5.92 Å². The van der Waals surface area contributed by atoms with Crippen molar-refractivity contribution in [3.05, 3.63) is 34.9 Å². The molecule has 0 aliphatic rings. The monoisotopic (exact) mass is 193 g/mol. The summed E-state index contributed by atoms with van der Waals surface area (Å²) < 4.78 is 0. The summed E-state index contributed by atoms with van der Waals surface area (Å²) in [5.74, 6) is 0.266. The average Bonchev–Trinajstić information content (AvgIpc) is 2.04. The van der Waals surface area contributed by atoms with Gasteiger partial charge in [0.15, 0.2) is 0 Å². The summed E-state index contributed by atoms with van der Waals surface area (Å²) in [7, 11) is 0. The van der Waals surface area contributed by atoms with Crippen molar-refractivity contribution < 1.29 is 0 Å². The molecule has 0 aliphatic heterocycles. The van der Waals surface area contributed by atoms with Crippen molar-refractivity contribution in [2.45, 2.75) is 19.8 Å². The molecular formula is C11H12ClN. The van der Waals surface area contributed by atoms with Gasteiger partial charge in [0.1, 0.15) is 0 Å². The van der Waals surface area contributed by atoms with Crippen LogP contribution in [0.15, 0.2) is 24.3 Å². The number of halogens is 1. The van der Waals surface area contributed by atoms with Crippen molar-refractivity contribution >= 4 is 11.6 Å². The lowest BCUT2D eigenvalue weighted by Crippen LogP contribution is -2.03. The molecule has 1 nitrogen and oxygen atoms in total. The minimum atomic E-state index is -0.0568. The molecule has 0 aliphatic carbocycles. The third-order valence-electron chi connectivity index (χ3n) is 2.01.